The molecule has 1 heterocycles. The van der Waals surface area contributed by atoms with E-state index in [1.165, 1.54) is 18.2 Å². The molecule has 0 bridgehead atoms. The van der Waals surface area contributed by atoms with Crippen LogP contribution in [0.3, 0.4) is 0 Å². The van der Waals surface area contributed by atoms with Gasteiger partial charge in [-0.05, 0) is 32.0 Å². The molecule has 116 valence electrons. The van der Waals surface area contributed by atoms with E-state index in [0.717, 1.165) is 17.4 Å². The second-order valence-electron chi connectivity index (χ2n) is 5.01. The summed E-state index contributed by atoms with van der Waals surface area (Å²) in [6.07, 6.45) is 0. The first-order valence-corrected chi connectivity index (χ1v) is 7.56. The minimum atomic E-state index is -0.485. The topological polar surface area (TPSA) is 62.3 Å². The van der Waals surface area contributed by atoms with Crippen molar-refractivity contribution in [2.24, 2.45) is 0 Å². The zero-order chi connectivity index (χ0) is 16.3. The lowest BCUT2D eigenvalue weighted by Crippen LogP contribution is -2.33. The smallest absolute Gasteiger partial charge is 0.273 e. The monoisotopic (exact) mass is 321 g/mol. The standard InChI is InChI=1S/C15H16FN3O2S/c1-9(2)19(3)14(21)12-8-22-15(17-12)18-13(20)10-5-4-6-11(16)7-10/h4-9H,1-3H3,(H,17,18,20). The molecule has 2 amide bonds. The van der Waals surface area contributed by atoms with Crippen LogP contribution in [0.25, 0.3) is 0 Å². The highest BCUT2D eigenvalue weighted by Gasteiger charge is 2.18. The molecule has 0 atom stereocenters. The van der Waals surface area contributed by atoms with Crippen molar-refractivity contribution in [3.8, 4) is 0 Å². The second-order valence-corrected chi connectivity index (χ2v) is 5.87. The Bertz CT molecular complexity index is 700. The van der Waals surface area contributed by atoms with Gasteiger partial charge >= 0.3 is 0 Å². The van der Waals surface area contributed by atoms with Crippen molar-refractivity contribution in [2.75, 3.05) is 12.4 Å². The van der Waals surface area contributed by atoms with E-state index in [0.29, 0.717) is 5.13 Å². The maximum atomic E-state index is 13.1. The van der Waals surface area contributed by atoms with Gasteiger partial charge in [-0.2, -0.15) is 0 Å². The van der Waals surface area contributed by atoms with Gasteiger partial charge in [0.2, 0.25) is 0 Å². The van der Waals surface area contributed by atoms with Crippen molar-refractivity contribution in [2.45, 2.75) is 19.9 Å². The van der Waals surface area contributed by atoms with Gasteiger partial charge < -0.3 is 4.90 Å². The van der Waals surface area contributed by atoms with Crippen LogP contribution >= 0.6 is 11.3 Å². The van der Waals surface area contributed by atoms with Crippen LogP contribution in [0.4, 0.5) is 9.52 Å². The lowest BCUT2D eigenvalue weighted by atomic mass is 10.2. The third-order valence-corrected chi connectivity index (χ3v) is 3.88. The minimum absolute atomic E-state index is 0.0551. The number of anilines is 1. The largest absolute Gasteiger partial charge is 0.338 e. The number of halogens is 1. The number of aromatic nitrogens is 1. The average Bonchev–Trinajstić information content (AvgIpc) is 2.94. The summed E-state index contributed by atoms with van der Waals surface area (Å²) in [5.41, 5.74) is 0.470. The van der Waals surface area contributed by atoms with E-state index in [4.69, 9.17) is 0 Å². The molecular formula is C15H16FN3O2S. The SMILES string of the molecule is CC(C)N(C)C(=O)c1csc(NC(=O)c2cccc(F)c2)n1. The maximum absolute atomic E-state index is 13.1. The average molecular weight is 321 g/mol. The van der Waals surface area contributed by atoms with Gasteiger partial charge in [-0.15, -0.1) is 11.3 Å². The predicted octanol–water partition coefficient (Wildman–Crippen LogP) is 3.01. The lowest BCUT2D eigenvalue weighted by molar-refractivity contribution is 0.0749. The van der Waals surface area contributed by atoms with Crippen LogP contribution in [0.2, 0.25) is 0 Å². The molecule has 0 aliphatic carbocycles. The molecule has 22 heavy (non-hydrogen) atoms. The summed E-state index contributed by atoms with van der Waals surface area (Å²) in [4.78, 5) is 29.8. The zero-order valence-electron chi connectivity index (χ0n) is 12.5. The molecule has 2 rings (SSSR count). The van der Waals surface area contributed by atoms with Crippen molar-refractivity contribution in [3.63, 3.8) is 0 Å². The molecule has 0 fully saturated rings. The Morgan fingerprint density at radius 2 is 2.09 bits per heavy atom. The molecule has 1 aromatic carbocycles. The van der Waals surface area contributed by atoms with Crippen LogP contribution in [-0.2, 0) is 0 Å². The number of hydrogen-bond acceptors (Lipinski definition) is 4. The first kappa shape index (κ1) is 16.1. The van der Waals surface area contributed by atoms with E-state index in [1.54, 1.807) is 17.3 Å². The molecular weight excluding hydrogens is 305 g/mol. The molecule has 0 aliphatic rings. The molecule has 0 radical (unpaired) electrons. The Labute approximate surface area is 131 Å². The molecule has 0 saturated carbocycles. The minimum Gasteiger partial charge on any atom is -0.338 e. The molecule has 1 aromatic heterocycles. The van der Waals surface area contributed by atoms with Crippen molar-refractivity contribution in [3.05, 3.63) is 46.7 Å². The number of hydrogen-bond donors (Lipinski definition) is 1. The van der Waals surface area contributed by atoms with Gasteiger partial charge in [0, 0.05) is 24.0 Å². The maximum Gasteiger partial charge on any atom is 0.273 e. The summed E-state index contributed by atoms with van der Waals surface area (Å²) in [7, 11) is 1.69. The third-order valence-electron chi connectivity index (χ3n) is 3.13. The molecule has 2 aromatic rings. The highest BCUT2D eigenvalue weighted by Crippen LogP contribution is 2.18. The fourth-order valence-corrected chi connectivity index (χ4v) is 2.32. The number of carbonyl (C=O) groups excluding carboxylic acids is 2. The quantitative estimate of drug-likeness (QED) is 0.941. The summed E-state index contributed by atoms with van der Waals surface area (Å²) < 4.78 is 13.1. The summed E-state index contributed by atoms with van der Waals surface area (Å²) in [6.45, 7) is 3.80. The van der Waals surface area contributed by atoms with E-state index >= 15 is 0 Å². The Morgan fingerprint density at radius 1 is 1.36 bits per heavy atom. The highest BCUT2D eigenvalue weighted by atomic mass is 32.1. The van der Waals surface area contributed by atoms with Crippen LogP contribution in [0.5, 0.6) is 0 Å². The molecule has 0 aliphatic heterocycles. The molecule has 0 saturated heterocycles. The zero-order valence-corrected chi connectivity index (χ0v) is 13.3. The van der Waals surface area contributed by atoms with Gasteiger partial charge in [0.15, 0.2) is 5.13 Å². The Morgan fingerprint density at radius 3 is 2.73 bits per heavy atom. The van der Waals surface area contributed by atoms with Crippen molar-refractivity contribution in [1.29, 1.82) is 0 Å². The van der Waals surface area contributed by atoms with Gasteiger partial charge in [0.25, 0.3) is 11.8 Å². The summed E-state index contributed by atoms with van der Waals surface area (Å²) >= 11 is 1.15. The fraction of sp³-hybridized carbons (Fsp3) is 0.267. The van der Waals surface area contributed by atoms with E-state index in [-0.39, 0.29) is 23.2 Å². The van der Waals surface area contributed by atoms with E-state index in [2.05, 4.69) is 10.3 Å². The van der Waals surface area contributed by atoms with Gasteiger partial charge in [-0.3, -0.25) is 14.9 Å². The number of benzene rings is 1. The molecule has 7 heteroatoms. The van der Waals surface area contributed by atoms with E-state index in [1.807, 2.05) is 13.8 Å². The molecule has 5 nitrogen and oxygen atoms in total. The number of nitrogens with one attached hydrogen (secondary N) is 1. The molecule has 0 unspecified atom stereocenters. The van der Waals surface area contributed by atoms with Crippen LogP contribution in [0.1, 0.15) is 34.7 Å². The Hall–Kier alpha value is -2.28. The number of thiazole rings is 1. The fourth-order valence-electron chi connectivity index (χ4n) is 1.64. The number of amides is 2. The van der Waals surface area contributed by atoms with E-state index in [9.17, 15) is 14.0 Å². The van der Waals surface area contributed by atoms with Crippen LogP contribution in [0, 0.1) is 5.82 Å². The predicted molar refractivity (Wildman–Crippen MR) is 83.7 cm³/mol. The van der Waals surface area contributed by atoms with E-state index < -0.39 is 11.7 Å². The van der Waals surface area contributed by atoms with Gasteiger partial charge in [0.1, 0.15) is 11.5 Å². The highest BCUT2D eigenvalue weighted by molar-refractivity contribution is 7.14. The number of rotatable bonds is 4. The normalized spacial score (nSPS) is 10.6. The van der Waals surface area contributed by atoms with Crippen molar-refractivity contribution in [1.82, 2.24) is 9.88 Å². The Kier molecular flexibility index (Phi) is 4.87. The van der Waals surface area contributed by atoms with Crippen molar-refractivity contribution < 1.29 is 14.0 Å². The first-order chi connectivity index (χ1) is 10.4. The third kappa shape index (κ3) is 3.67. The van der Waals surface area contributed by atoms with Crippen LogP contribution in [-0.4, -0.2) is 34.8 Å². The lowest BCUT2D eigenvalue weighted by Gasteiger charge is -2.19. The second kappa shape index (κ2) is 6.65. The molecule has 0 spiro atoms. The molecule has 1 N–H and O–H groups in total. The van der Waals surface area contributed by atoms with Gasteiger partial charge in [0.05, 0.1) is 0 Å². The van der Waals surface area contributed by atoms with Gasteiger partial charge in [-0.1, -0.05) is 6.07 Å². The first-order valence-electron chi connectivity index (χ1n) is 6.68. The van der Waals surface area contributed by atoms with Gasteiger partial charge in [-0.25, -0.2) is 9.37 Å². The summed E-state index contributed by atoms with van der Waals surface area (Å²) in [6, 6.07) is 5.42. The van der Waals surface area contributed by atoms with Crippen molar-refractivity contribution >= 4 is 28.3 Å². The number of carbonyl (C=O) groups is 2. The van der Waals surface area contributed by atoms with Crippen LogP contribution < -0.4 is 5.32 Å². The summed E-state index contributed by atoms with van der Waals surface area (Å²) in [5, 5.41) is 4.45. The van der Waals surface area contributed by atoms with Crippen LogP contribution in [0.15, 0.2) is 29.6 Å². The Balaban J connectivity index is 2.09. The summed E-state index contributed by atoms with van der Waals surface area (Å²) in [5.74, 6) is -1.16. The number of nitrogens with zero attached hydrogens (tertiary/aromatic N) is 2.